The van der Waals surface area contributed by atoms with E-state index in [-0.39, 0.29) is 45.0 Å². The first kappa shape index (κ1) is 35.1. The highest BCUT2D eigenvalue weighted by Crippen LogP contribution is 2.35. The van der Waals surface area contributed by atoms with Crippen LogP contribution in [-0.2, 0) is 16.0 Å². The maximum absolute atomic E-state index is 15.3. The number of aryl methyl sites for hydroxylation is 1. The molecular formula is C30H26Cl2F4N4O5. The molecule has 1 heterocycles. The molecule has 2 N–H and O–H groups in total. The number of amides is 2. The third-order valence-corrected chi connectivity index (χ3v) is 7.00. The van der Waals surface area contributed by atoms with Gasteiger partial charge >= 0.3 is 12.1 Å². The Kier molecular flexibility index (Phi) is 11.8. The summed E-state index contributed by atoms with van der Waals surface area (Å²) in [7, 11) is 2.03. The second kappa shape index (κ2) is 15.1. The first-order chi connectivity index (χ1) is 21.1. The fraction of sp³-hybridized carbons (Fsp3) is 0.267. The molecule has 0 aromatic heterocycles. The van der Waals surface area contributed by atoms with E-state index in [1.807, 2.05) is 18.0 Å². The molecule has 3 aromatic carbocycles. The number of nitriles is 1. The molecule has 4 rings (SSSR count). The zero-order chi connectivity index (χ0) is 33.5. The molecule has 0 radical (unpaired) electrons. The Labute approximate surface area is 265 Å². The van der Waals surface area contributed by atoms with Gasteiger partial charge in [0.25, 0.3) is 5.91 Å². The molecule has 15 heteroatoms. The van der Waals surface area contributed by atoms with Crippen molar-refractivity contribution in [3.63, 3.8) is 0 Å². The van der Waals surface area contributed by atoms with Crippen molar-refractivity contribution in [1.82, 2.24) is 9.80 Å². The van der Waals surface area contributed by atoms with Gasteiger partial charge in [0.2, 0.25) is 5.91 Å². The minimum atomic E-state index is -5.08. The van der Waals surface area contributed by atoms with E-state index in [2.05, 4.69) is 10.2 Å². The Morgan fingerprint density at radius 1 is 1.04 bits per heavy atom. The van der Waals surface area contributed by atoms with E-state index in [9.17, 15) is 22.8 Å². The summed E-state index contributed by atoms with van der Waals surface area (Å²) in [4.78, 5) is 38.5. The smallest absolute Gasteiger partial charge is 0.475 e. The number of carboxylic acids is 1. The lowest BCUT2D eigenvalue weighted by Crippen LogP contribution is -2.47. The van der Waals surface area contributed by atoms with E-state index in [0.717, 1.165) is 13.1 Å². The molecule has 0 atom stereocenters. The van der Waals surface area contributed by atoms with Gasteiger partial charge in [-0.1, -0.05) is 29.3 Å². The normalized spacial score (nSPS) is 13.3. The highest BCUT2D eigenvalue weighted by atomic mass is 35.5. The van der Waals surface area contributed by atoms with Gasteiger partial charge in [0.05, 0.1) is 23.1 Å². The van der Waals surface area contributed by atoms with Crippen LogP contribution in [0.3, 0.4) is 0 Å². The lowest BCUT2D eigenvalue weighted by molar-refractivity contribution is -0.192. The van der Waals surface area contributed by atoms with Crippen molar-refractivity contribution in [2.45, 2.75) is 19.5 Å². The van der Waals surface area contributed by atoms with E-state index >= 15 is 4.39 Å². The minimum absolute atomic E-state index is 0.00147. The number of nitrogens with zero attached hydrogens (tertiary/aromatic N) is 3. The van der Waals surface area contributed by atoms with Gasteiger partial charge in [0.1, 0.15) is 5.75 Å². The Morgan fingerprint density at radius 2 is 1.69 bits per heavy atom. The third kappa shape index (κ3) is 9.81. The summed E-state index contributed by atoms with van der Waals surface area (Å²) in [6.45, 7) is 4.79. The van der Waals surface area contributed by atoms with Crippen molar-refractivity contribution < 1.29 is 41.8 Å². The zero-order valence-electron chi connectivity index (χ0n) is 23.8. The van der Waals surface area contributed by atoms with E-state index in [1.54, 1.807) is 25.1 Å². The number of carboxylic acid groups (broad SMARTS) is 1. The Balaban J connectivity index is 0.000000707. The number of hydrogen-bond donors (Lipinski definition) is 2. The molecule has 0 spiro atoms. The Hall–Kier alpha value is -4.38. The lowest BCUT2D eigenvalue weighted by atomic mass is 10.1. The van der Waals surface area contributed by atoms with E-state index in [4.69, 9.17) is 43.1 Å². The summed E-state index contributed by atoms with van der Waals surface area (Å²) in [6, 6.07) is 14.2. The Morgan fingerprint density at radius 3 is 2.27 bits per heavy atom. The van der Waals surface area contributed by atoms with Crippen molar-refractivity contribution in [2.24, 2.45) is 0 Å². The van der Waals surface area contributed by atoms with Gasteiger partial charge in [-0.3, -0.25) is 9.59 Å². The number of benzene rings is 3. The van der Waals surface area contributed by atoms with Gasteiger partial charge in [-0.2, -0.15) is 18.4 Å². The number of ether oxygens (including phenoxy) is 1. The fourth-order valence-electron chi connectivity index (χ4n) is 4.10. The van der Waals surface area contributed by atoms with Gasteiger partial charge in [-0.25, -0.2) is 9.18 Å². The molecule has 9 nitrogen and oxygen atoms in total. The Bertz CT molecular complexity index is 1640. The SMILES string of the molecule is Cc1cc(C(=O)N2CCN(C)CC2)ccc1NC(=O)Cc1ccc(Cl)c(Oc2cc(Cl)cc(C#N)c2)c1F.O=C(O)C(F)(F)F. The maximum Gasteiger partial charge on any atom is 0.490 e. The molecule has 1 saturated heterocycles. The quantitative estimate of drug-likeness (QED) is 0.295. The van der Waals surface area contributed by atoms with Crippen LogP contribution in [-0.4, -0.2) is 72.1 Å². The fourth-order valence-corrected chi connectivity index (χ4v) is 4.51. The lowest BCUT2D eigenvalue weighted by Gasteiger charge is -2.32. The number of piperazine rings is 1. The molecule has 0 unspecified atom stereocenters. The zero-order valence-corrected chi connectivity index (χ0v) is 25.4. The molecule has 238 valence electrons. The molecule has 2 amide bonds. The van der Waals surface area contributed by atoms with Gasteiger partial charge in [0.15, 0.2) is 11.6 Å². The summed E-state index contributed by atoms with van der Waals surface area (Å²) in [5, 5.41) is 19.3. The predicted molar refractivity (Wildman–Crippen MR) is 158 cm³/mol. The van der Waals surface area contributed by atoms with Crippen LogP contribution in [0.4, 0.5) is 23.2 Å². The largest absolute Gasteiger partial charge is 0.490 e. The first-order valence-corrected chi connectivity index (χ1v) is 13.9. The first-order valence-electron chi connectivity index (χ1n) is 13.1. The summed E-state index contributed by atoms with van der Waals surface area (Å²) >= 11 is 12.2. The number of carbonyl (C=O) groups is 3. The number of likely N-dealkylation sites (N-methyl/N-ethyl adjacent to an activating group) is 1. The van der Waals surface area contributed by atoms with Crippen LogP contribution in [0.25, 0.3) is 0 Å². The molecule has 0 bridgehead atoms. The summed E-state index contributed by atoms with van der Waals surface area (Å²) < 4.78 is 52.6. The number of carbonyl (C=O) groups excluding carboxylic acids is 2. The van der Waals surface area contributed by atoms with Gasteiger partial charge < -0.3 is 25.0 Å². The van der Waals surface area contributed by atoms with Crippen LogP contribution in [0.5, 0.6) is 11.5 Å². The number of alkyl halides is 3. The number of rotatable bonds is 6. The van der Waals surface area contributed by atoms with Crippen molar-refractivity contribution >= 4 is 46.7 Å². The molecule has 0 aliphatic carbocycles. The number of halogens is 6. The summed E-state index contributed by atoms with van der Waals surface area (Å²) in [5.41, 5.74) is 2.11. The average molecular weight is 669 g/mol. The van der Waals surface area contributed by atoms with Crippen molar-refractivity contribution in [3.05, 3.63) is 86.6 Å². The standard InChI is InChI=1S/C28H25Cl2FN4O3.C2HF3O2/c1-17-11-20(28(37)35-9-7-34(2)8-10-35)4-6-24(17)33-25(36)14-19-3-5-23(30)27(26(19)31)38-22-13-18(16-32)12-21(29)15-22;3-2(4,5)1(6)7/h3-6,11-13,15H,7-10,14H2,1-2H3,(H,33,36);(H,6,7). The van der Waals surface area contributed by atoms with Crippen molar-refractivity contribution in [1.29, 1.82) is 5.26 Å². The summed E-state index contributed by atoms with van der Waals surface area (Å²) in [6.07, 6.45) is -5.36. The summed E-state index contributed by atoms with van der Waals surface area (Å²) in [5.74, 6) is -4.18. The number of hydrogen-bond acceptors (Lipinski definition) is 6. The third-order valence-electron chi connectivity index (χ3n) is 6.48. The monoisotopic (exact) mass is 668 g/mol. The maximum atomic E-state index is 15.3. The van der Waals surface area contributed by atoms with Gasteiger partial charge in [-0.05, 0) is 62.0 Å². The highest BCUT2D eigenvalue weighted by Gasteiger charge is 2.38. The second-order valence-electron chi connectivity index (χ2n) is 9.89. The average Bonchev–Trinajstić information content (AvgIpc) is 2.97. The number of anilines is 1. The van der Waals surface area contributed by atoms with Crippen molar-refractivity contribution in [3.8, 4) is 17.6 Å². The predicted octanol–water partition coefficient (Wildman–Crippen LogP) is 6.31. The molecule has 3 aromatic rings. The van der Waals surface area contributed by atoms with Crippen LogP contribution >= 0.6 is 23.2 Å². The van der Waals surface area contributed by atoms with Crippen LogP contribution in [0.1, 0.15) is 27.0 Å². The molecule has 1 aliphatic heterocycles. The second-order valence-corrected chi connectivity index (χ2v) is 10.7. The van der Waals surface area contributed by atoms with Gasteiger partial charge in [-0.15, -0.1) is 0 Å². The molecular weight excluding hydrogens is 643 g/mol. The number of nitrogens with one attached hydrogen (secondary N) is 1. The number of aliphatic carboxylic acids is 1. The minimum Gasteiger partial charge on any atom is -0.475 e. The van der Waals surface area contributed by atoms with Crippen LogP contribution in [0.2, 0.25) is 10.0 Å². The van der Waals surface area contributed by atoms with Crippen LogP contribution in [0, 0.1) is 24.1 Å². The van der Waals surface area contributed by atoms with E-state index in [1.165, 1.54) is 30.3 Å². The van der Waals surface area contributed by atoms with Gasteiger partial charge in [0, 0.05) is 48.0 Å². The topological polar surface area (TPSA) is 123 Å². The van der Waals surface area contributed by atoms with E-state index in [0.29, 0.717) is 29.9 Å². The molecule has 1 fully saturated rings. The van der Waals surface area contributed by atoms with E-state index < -0.39 is 23.9 Å². The molecule has 45 heavy (non-hydrogen) atoms. The van der Waals surface area contributed by atoms with Crippen LogP contribution < -0.4 is 10.1 Å². The van der Waals surface area contributed by atoms with Crippen LogP contribution in [0.15, 0.2) is 48.5 Å². The molecule has 1 aliphatic rings. The van der Waals surface area contributed by atoms with Crippen molar-refractivity contribution in [2.75, 3.05) is 38.5 Å². The highest BCUT2D eigenvalue weighted by molar-refractivity contribution is 6.32. The molecule has 0 saturated carbocycles.